The van der Waals surface area contributed by atoms with Crippen molar-refractivity contribution < 1.29 is 5.11 Å². The van der Waals surface area contributed by atoms with Crippen molar-refractivity contribution in [3.8, 4) is 0 Å². The Hall–Kier alpha value is -0.340. The summed E-state index contributed by atoms with van der Waals surface area (Å²) in [4.78, 5) is 0. The molecule has 2 nitrogen and oxygen atoms in total. The van der Waals surface area contributed by atoms with Gasteiger partial charge in [-0.15, -0.1) is 0 Å². The van der Waals surface area contributed by atoms with Gasteiger partial charge in [-0.3, -0.25) is 0 Å². The van der Waals surface area contributed by atoms with E-state index < -0.39 is 0 Å². The van der Waals surface area contributed by atoms with Crippen LogP contribution in [0.2, 0.25) is 0 Å². The maximum absolute atomic E-state index is 8.73. The molecule has 0 aliphatic heterocycles. The molecule has 0 radical (unpaired) electrons. The molecule has 0 saturated heterocycles. The van der Waals surface area contributed by atoms with E-state index >= 15 is 0 Å². The minimum Gasteiger partial charge on any atom is -0.389 e. The molecule has 7 heavy (non-hydrogen) atoms. The Balaban J connectivity index is 2.42. The van der Waals surface area contributed by atoms with Crippen LogP contribution in [-0.2, 0) is 0 Å². The highest BCUT2D eigenvalue weighted by Crippen LogP contribution is 2.06. The second kappa shape index (κ2) is 1.64. The molecule has 3 N–H and O–H groups in total. The first-order valence-corrected chi connectivity index (χ1v) is 2.41. The lowest BCUT2D eigenvalue weighted by atomic mass is 10.2. The fourth-order valence-corrected chi connectivity index (χ4v) is 0.707. The van der Waals surface area contributed by atoms with Crippen LogP contribution in [0.15, 0.2) is 12.2 Å². The van der Waals surface area contributed by atoms with Crippen molar-refractivity contribution in [1.29, 1.82) is 0 Å². The lowest BCUT2D eigenvalue weighted by Crippen LogP contribution is -2.16. The van der Waals surface area contributed by atoms with E-state index in [1.54, 1.807) is 6.08 Å². The SMILES string of the molecule is N[C@H]1C=C[C@H](O)C1. The van der Waals surface area contributed by atoms with Crippen molar-refractivity contribution in [2.45, 2.75) is 18.6 Å². The largest absolute Gasteiger partial charge is 0.389 e. The van der Waals surface area contributed by atoms with Crippen LogP contribution in [0.4, 0.5) is 0 Å². The molecule has 0 saturated carbocycles. The summed E-state index contributed by atoms with van der Waals surface area (Å²) in [5.41, 5.74) is 5.38. The average Bonchev–Trinajstić information content (AvgIpc) is 1.87. The fraction of sp³-hybridized carbons (Fsp3) is 0.600. The van der Waals surface area contributed by atoms with Crippen molar-refractivity contribution in [3.63, 3.8) is 0 Å². The normalized spacial score (nSPS) is 39.7. The zero-order chi connectivity index (χ0) is 5.28. The summed E-state index contributed by atoms with van der Waals surface area (Å²) in [6.07, 6.45) is 3.96. The molecule has 0 heterocycles. The van der Waals surface area contributed by atoms with Gasteiger partial charge in [-0.05, 0) is 6.42 Å². The topological polar surface area (TPSA) is 46.2 Å². The van der Waals surface area contributed by atoms with Crippen LogP contribution in [0.1, 0.15) is 6.42 Å². The maximum atomic E-state index is 8.73. The first-order chi connectivity index (χ1) is 3.29. The van der Waals surface area contributed by atoms with Gasteiger partial charge < -0.3 is 10.8 Å². The van der Waals surface area contributed by atoms with Gasteiger partial charge in [0, 0.05) is 6.04 Å². The van der Waals surface area contributed by atoms with E-state index in [0.29, 0.717) is 6.42 Å². The minimum absolute atomic E-state index is 0.0926. The predicted octanol–water partition coefficient (Wildman–Crippen LogP) is -0.366. The number of aliphatic hydroxyl groups excluding tert-OH is 1. The molecular formula is C5H9NO. The van der Waals surface area contributed by atoms with Gasteiger partial charge >= 0.3 is 0 Å². The van der Waals surface area contributed by atoms with Crippen molar-refractivity contribution in [3.05, 3.63) is 12.2 Å². The summed E-state index contributed by atoms with van der Waals surface area (Å²) in [7, 11) is 0. The first kappa shape index (κ1) is 4.81. The van der Waals surface area contributed by atoms with Gasteiger partial charge in [0.15, 0.2) is 0 Å². The van der Waals surface area contributed by atoms with Crippen LogP contribution in [0.3, 0.4) is 0 Å². The summed E-state index contributed by atoms with van der Waals surface area (Å²) >= 11 is 0. The molecule has 0 aromatic heterocycles. The Bertz CT molecular complexity index is 80.1. The Morgan fingerprint density at radius 2 is 2.29 bits per heavy atom. The summed E-state index contributed by atoms with van der Waals surface area (Å²) in [5.74, 6) is 0. The molecule has 40 valence electrons. The van der Waals surface area contributed by atoms with E-state index in [1.165, 1.54) is 0 Å². The van der Waals surface area contributed by atoms with E-state index in [2.05, 4.69) is 0 Å². The summed E-state index contributed by atoms with van der Waals surface area (Å²) in [6.45, 7) is 0. The monoisotopic (exact) mass is 99.1 g/mol. The van der Waals surface area contributed by atoms with Gasteiger partial charge in [-0.2, -0.15) is 0 Å². The average molecular weight is 99.1 g/mol. The second-order valence-corrected chi connectivity index (χ2v) is 1.85. The Morgan fingerprint density at radius 1 is 1.57 bits per heavy atom. The van der Waals surface area contributed by atoms with Gasteiger partial charge in [-0.1, -0.05) is 12.2 Å². The summed E-state index contributed by atoms with van der Waals surface area (Å²) < 4.78 is 0. The molecule has 1 rings (SSSR count). The Kier molecular flexibility index (Phi) is 1.13. The van der Waals surface area contributed by atoms with Crippen LogP contribution < -0.4 is 5.73 Å². The second-order valence-electron chi connectivity index (χ2n) is 1.85. The number of rotatable bonds is 0. The lowest BCUT2D eigenvalue weighted by molar-refractivity contribution is 0.218. The molecule has 1 aliphatic carbocycles. The van der Waals surface area contributed by atoms with Crippen LogP contribution in [0, 0.1) is 0 Å². The molecule has 0 spiro atoms. The lowest BCUT2D eigenvalue weighted by Gasteiger charge is -1.97. The third-order valence-corrected chi connectivity index (χ3v) is 1.09. The quantitative estimate of drug-likeness (QED) is 0.407. The molecule has 2 heteroatoms. The Labute approximate surface area is 42.6 Å². The Morgan fingerprint density at radius 3 is 2.43 bits per heavy atom. The summed E-state index contributed by atoms with van der Waals surface area (Å²) in [5, 5.41) is 8.73. The highest BCUT2D eigenvalue weighted by Gasteiger charge is 2.10. The molecule has 1 aliphatic rings. The van der Waals surface area contributed by atoms with Crippen molar-refractivity contribution >= 4 is 0 Å². The molecule has 0 amide bonds. The van der Waals surface area contributed by atoms with E-state index in [-0.39, 0.29) is 12.1 Å². The molecule has 0 aromatic carbocycles. The third-order valence-electron chi connectivity index (χ3n) is 1.09. The number of hydrogen-bond donors (Lipinski definition) is 2. The molecule has 0 aromatic rings. The van der Waals surface area contributed by atoms with E-state index in [9.17, 15) is 0 Å². The maximum Gasteiger partial charge on any atom is 0.0739 e. The van der Waals surface area contributed by atoms with Gasteiger partial charge in [0.1, 0.15) is 0 Å². The molecule has 0 bridgehead atoms. The zero-order valence-electron chi connectivity index (χ0n) is 4.04. The van der Waals surface area contributed by atoms with Crippen molar-refractivity contribution in [1.82, 2.24) is 0 Å². The predicted molar refractivity (Wildman–Crippen MR) is 27.7 cm³/mol. The van der Waals surface area contributed by atoms with E-state index in [0.717, 1.165) is 0 Å². The number of nitrogens with two attached hydrogens (primary N) is 1. The highest BCUT2D eigenvalue weighted by atomic mass is 16.3. The van der Waals surface area contributed by atoms with Gasteiger partial charge in [0.05, 0.1) is 6.10 Å². The van der Waals surface area contributed by atoms with E-state index in [1.807, 2.05) is 6.08 Å². The van der Waals surface area contributed by atoms with Crippen LogP contribution in [-0.4, -0.2) is 17.3 Å². The zero-order valence-corrected chi connectivity index (χ0v) is 4.04. The molecule has 0 fully saturated rings. The number of hydrogen-bond acceptors (Lipinski definition) is 2. The summed E-state index contributed by atoms with van der Waals surface area (Å²) in [6, 6.07) is 0.0926. The number of aliphatic hydroxyl groups is 1. The van der Waals surface area contributed by atoms with E-state index in [4.69, 9.17) is 10.8 Å². The van der Waals surface area contributed by atoms with Crippen LogP contribution >= 0.6 is 0 Å². The van der Waals surface area contributed by atoms with Gasteiger partial charge in [-0.25, -0.2) is 0 Å². The van der Waals surface area contributed by atoms with Crippen LogP contribution in [0.25, 0.3) is 0 Å². The smallest absolute Gasteiger partial charge is 0.0739 e. The molecular weight excluding hydrogens is 90.1 g/mol. The van der Waals surface area contributed by atoms with Crippen LogP contribution in [0.5, 0.6) is 0 Å². The molecule has 2 atom stereocenters. The van der Waals surface area contributed by atoms with Crippen molar-refractivity contribution in [2.75, 3.05) is 0 Å². The standard InChI is InChI=1S/C5H9NO/c6-4-1-2-5(7)3-4/h1-2,4-5,7H,3,6H2/t4-,5-/m0/s1. The van der Waals surface area contributed by atoms with Gasteiger partial charge in [0.25, 0.3) is 0 Å². The fourth-order valence-electron chi connectivity index (χ4n) is 0.707. The first-order valence-electron chi connectivity index (χ1n) is 2.41. The minimum atomic E-state index is -0.282. The van der Waals surface area contributed by atoms with Gasteiger partial charge in [0.2, 0.25) is 0 Å². The van der Waals surface area contributed by atoms with Crippen molar-refractivity contribution in [2.24, 2.45) is 5.73 Å². The third kappa shape index (κ3) is 1.01. The highest BCUT2D eigenvalue weighted by molar-refractivity contribution is 5.04. The molecule has 0 unspecified atom stereocenters.